The van der Waals surface area contributed by atoms with E-state index in [0.29, 0.717) is 0 Å². The molecule has 1 aromatic carbocycles. The van der Waals surface area contributed by atoms with Gasteiger partial charge in [0, 0.05) is 0 Å². The van der Waals surface area contributed by atoms with Crippen LogP contribution in [0.5, 0.6) is 0 Å². The number of benzene rings is 1. The van der Waals surface area contributed by atoms with E-state index < -0.39 is 0 Å². The summed E-state index contributed by atoms with van der Waals surface area (Å²) in [6.45, 7) is 6.45. The van der Waals surface area contributed by atoms with Crippen molar-refractivity contribution in [2.45, 2.75) is 33.6 Å². The Labute approximate surface area is 75.6 Å². The van der Waals surface area contributed by atoms with Gasteiger partial charge in [0.15, 0.2) is 0 Å². The van der Waals surface area contributed by atoms with E-state index in [9.17, 15) is 0 Å². The molecule has 0 aliphatic carbocycles. The lowest BCUT2D eigenvalue weighted by Gasteiger charge is -2.05. The maximum atomic E-state index is 2.29. The molecule has 1 aromatic rings. The Hall–Kier alpha value is -0.780. The van der Waals surface area contributed by atoms with Crippen LogP contribution in [0.4, 0.5) is 0 Å². The van der Waals surface area contributed by atoms with Gasteiger partial charge in [-0.3, -0.25) is 0 Å². The zero-order chi connectivity index (χ0) is 8.97. The normalized spacial score (nSPS) is 10.2. The van der Waals surface area contributed by atoms with Crippen molar-refractivity contribution in [3.63, 3.8) is 0 Å². The molecule has 0 aliphatic heterocycles. The summed E-state index contributed by atoms with van der Waals surface area (Å²) in [6.07, 6.45) is 4.59. The van der Waals surface area contributed by atoms with Gasteiger partial charge in [0.05, 0.1) is 0 Å². The van der Waals surface area contributed by atoms with Crippen molar-refractivity contribution in [1.29, 1.82) is 0 Å². The Morgan fingerprint density at radius 3 is 2.67 bits per heavy atom. The van der Waals surface area contributed by atoms with Crippen LogP contribution in [0.1, 0.15) is 30.0 Å². The van der Waals surface area contributed by atoms with Crippen LogP contribution in [0.3, 0.4) is 0 Å². The molecule has 1 rings (SSSR count). The fourth-order valence-electron chi connectivity index (χ4n) is 1.37. The smallest absolute Gasteiger partial charge is 0.0274 e. The van der Waals surface area contributed by atoms with Crippen LogP contribution in [0, 0.1) is 20.3 Å². The van der Waals surface area contributed by atoms with Gasteiger partial charge in [-0.2, -0.15) is 0 Å². The van der Waals surface area contributed by atoms with Crippen molar-refractivity contribution >= 4 is 0 Å². The minimum atomic E-state index is 1.18. The molecule has 0 unspecified atom stereocenters. The minimum Gasteiger partial charge on any atom is -0.0622 e. The summed E-state index contributed by atoms with van der Waals surface area (Å²) in [7, 11) is 0. The fourth-order valence-corrected chi connectivity index (χ4v) is 1.37. The molecule has 0 heteroatoms. The molecule has 0 N–H and O–H groups in total. The molecule has 0 spiro atoms. The summed E-state index contributed by atoms with van der Waals surface area (Å²) < 4.78 is 0. The van der Waals surface area contributed by atoms with Crippen molar-refractivity contribution < 1.29 is 0 Å². The van der Waals surface area contributed by atoms with Gasteiger partial charge in [0.1, 0.15) is 0 Å². The molecule has 0 amide bonds. The number of hydrogen-bond acceptors (Lipinski definition) is 0. The van der Waals surface area contributed by atoms with Gasteiger partial charge in [-0.05, 0) is 44.2 Å². The van der Waals surface area contributed by atoms with Gasteiger partial charge >= 0.3 is 0 Å². The van der Waals surface area contributed by atoms with Crippen LogP contribution in [-0.4, -0.2) is 0 Å². The zero-order valence-electron chi connectivity index (χ0n) is 8.22. The standard InChI is InChI=1S/C12H17/c1-4-5-6-12-9-10(2)7-8-11(12)3/h4,7-9H,5-6H2,1-3H3. The molecule has 1 radical (unpaired) electrons. The molecule has 0 saturated carbocycles. The second kappa shape index (κ2) is 4.30. The Balaban J connectivity index is 2.75. The second-order valence-corrected chi connectivity index (χ2v) is 3.38. The molecule has 0 saturated heterocycles. The lowest BCUT2D eigenvalue weighted by molar-refractivity contribution is 0.925. The molecule has 0 bridgehead atoms. The average Bonchev–Trinajstić information content (AvgIpc) is 2.07. The summed E-state index contributed by atoms with van der Waals surface area (Å²) in [5, 5.41) is 0. The zero-order valence-corrected chi connectivity index (χ0v) is 8.22. The second-order valence-electron chi connectivity index (χ2n) is 3.38. The van der Waals surface area contributed by atoms with Gasteiger partial charge in [-0.15, -0.1) is 0 Å². The highest BCUT2D eigenvalue weighted by molar-refractivity contribution is 5.30. The van der Waals surface area contributed by atoms with E-state index in [-0.39, 0.29) is 0 Å². The Kier molecular flexibility index (Phi) is 3.33. The average molecular weight is 161 g/mol. The number of unbranched alkanes of at least 4 members (excludes halogenated alkanes) is 1. The van der Waals surface area contributed by atoms with E-state index in [1.54, 1.807) is 0 Å². The summed E-state index contributed by atoms with van der Waals surface area (Å²) in [4.78, 5) is 0. The van der Waals surface area contributed by atoms with Crippen LogP contribution in [0.15, 0.2) is 18.2 Å². The first-order chi connectivity index (χ1) is 5.74. The van der Waals surface area contributed by atoms with Crippen LogP contribution in [0.25, 0.3) is 0 Å². The van der Waals surface area contributed by atoms with Crippen molar-refractivity contribution in [3.8, 4) is 0 Å². The van der Waals surface area contributed by atoms with Crippen molar-refractivity contribution in [2.75, 3.05) is 0 Å². The highest BCUT2D eigenvalue weighted by Crippen LogP contribution is 2.12. The Bertz CT molecular complexity index is 248. The lowest BCUT2D eigenvalue weighted by Crippen LogP contribution is -1.90. The van der Waals surface area contributed by atoms with Gasteiger partial charge in [0.25, 0.3) is 0 Å². The maximum absolute atomic E-state index is 2.29. The van der Waals surface area contributed by atoms with Gasteiger partial charge in [0.2, 0.25) is 0 Å². The number of rotatable bonds is 3. The summed E-state index contributed by atoms with van der Waals surface area (Å²) >= 11 is 0. The maximum Gasteiger partial charge on any atom is -0.0274 e. The fraction of sp³-hybridized carbons (Fsp3) is 0.417. The highest BCUT2D eigenvalue weighted by atomic mass is 14.0. The largest absolute Gasteiger partial charge is 0.0622 e. The quantitative estimate of drug-likeness (QED) is 0.637. The van der Waals surface area contributed by atoms with E-state index in [1.165, 1.54) is 29.5 Å². The molecule has 0 nitrogen and oxygen atoms in total. The SMILES string of the molecule is C[CH]CCc1cc(C)ccc1C. The van der Waals surface area contributed by atoms with Gasteiger partial charge < -0.3 is 0 Å². The third-order valence-corrected chi connectivity index (χ3v) is 2.21. The molecule has 0 aromatic heterocycles. The van der Waals surface area contributed by atoms with Crippen molar-refractivity contribution in [1.82, 2.24) is 0 Å². The molecule has 65 valence electrons. The van der Waals surface area contributed by atoms with Crippen LogP contribution < -0.4 is 0 Å². The van der Waals surface area contributed by atoms with E-state index in [4.69, 9.17) is 0 Å². The lowest BCUT2D eigenvalue weighted by atomic mass is 10.0. The predicted octanol–water partition coefficient (Wildman–Crippen LogP) is 3.46. The number of aryl methyl sites for hydroxylation is 3. The molecular weight excluding hydrogens is 144 g/mol. The predicted molar refractivity (Wildman–Crippen MR) is 54.2 cm³/mol. The van der Waals surface area contributed by atoms with Crippen molar-refractivity contribution in [3.05, 3.63) is 41.3 Å². The third-order valence-electron chi connectivity index (χ3n) is 2.21. The Morgan fingerprint density at radius 2 is 2.00 bits per heavy atom. The molecular formula is C12H17. The van der Waals surface area contributed by atoms with Gasteiger partial charge in [-0.25, -0.2) is 0 Å². The van der Waals surface area contributed by atoms with E-state index in [2.05, 4.69) is 45.4 Å². The summed E-state index contributed by atoms with van der Waals surface area (Å²) in [5.41, 5.74) is 4.28. The van der Waals surface area contributed by atoms with Crippen LogP contribution in [-0.2, 0) is 6.42 Å². The van der Waals surface area contributed by atoms with Crippen LogP contribution in [0.2, 0.25) is 0 Å². The first kappa shape index (κ1) is 9.31. The third kappa shape index (κ3) is 2.37. The molecule has 0 atom stereocenters. The highest BCUT2D eigenvalue weighted by Gasteiger charge is 1.97. The summed E-state index contributed by atoms with van der Waals surface area (Å²) in [5.74, 6) is 0. The van der Waals surface area contributed by atoms with E-state index >= 15 is 0 Å². The molecule has 0 heterocycles. The number of hydrogen-bond donors (Lipinski definition) is 0. The van der Waals surface area contributed by atoms with Crippen molar-refractivity contribution in [2.24, 2.45) is 0 Å². The van der Waals surface area contributed by atoms with E-state index in [0.717, 1.165) is 0 Å². The monoisotopic (exact) mass is 161 g/mol. The van der Waals surface area contributed by atoms with E-state index in [1.807, 2.05) is 0 Å². The molecule has 12 heavy (non-hydrogen) atoms. The topological polar surface area (TPSA) is 0 Å². The molecule has 0 fully saturated rings. The first-order valence-corrected chi connectivity index (χ1v) is 4.58. The van der Waals surface area contributed by atoms with Crippen LogP contribution >= 0.6 is 0 Å². The minimum absolute atomic E-state index is 1.18. The van der Waals surface area contributed by atoms with Gasteiger partial charge in [-0.1, -0.05) is 30.7 Å². The molecule has 0 aliphatic rings. The summed E-state index contributed by atoms with van der Waals surface area (Å²) in [6, 6.07) is 6.67. The Morgan fingerprint density at radius 1 is 1.25 bits per heavy atom. The first-order valence-electron chi connectivity index (χ1n) is 4.58.